The summed E-state index contributed by atoms with van der Waals surface area (Å²) in [5.74, 6) is -1.97. The van der Waals surface area contributed by atoms with Gasteiger partial charge in [0.25, 0.3) is 11.8 Å². The van der Waals surface area contributed by atoms with E-state index in [1.807, 2.05) is 0 Å². The molecular weight excluding hydrogens is 198 g/mol. The molecule has 2 N–H and O–H groups in total. The highest BCUT2D eigenvalue weighted by molar-refractivity contribution is 7.81. The highest BCUT2D eigenvalue weighted by Crippen LogP contribution is 2.06. The smallest absolute Gasteiger partial charge is 0.313 e. The summed E-state index contributed by atoms with van der Waals surface area (Å²) < 4.78 is 0. The number of hydrogen-bond donors (Lipinski definition) is 3. The van der Waals surface area contributed by atoms with Crippen LogP contribution in [0.25, 0.3) is 0 Å². The zero-order valence-electron chi connectivity index (χ0n) is 6.63. The van der Waals surface area contributed by atoms with Crippen LogP contribution in [0.4, 0.5) is 0 Å². The lowest BCUT2D eigenvalue weighted by atomic mass is 10.4. The minimum absolute atomic E-state index is 0.0833. The molecule has 1 heterocycles. The molecule has 6 nitrogen and oxygen atoms in total. The molecule has 2 amide bonds. The van der Waals surface area contributed by atoms with Crippen molar-refractivity contribution in [1.29, 1.82) is 0 Å². The van der Waals surface area contributed by atoms with E-state index in [0.29, 0.717) is 0 Å². The van der Waals surface area contributed by atoms with Gasteiger partial charge in [0, 0.05) is 12.8 Å². The van der Waals surface area contributed by atoms with Gasteiger partial charge in [-0.05, 0) is 0 Å². The van der Waals surface area contributed by atoms with E-state index in [4.69, 9.17) is 10.3 Å². The Balaban J connectivity index is 0.000000252. The van der Waals surface area contributed by atoms with E-state index in [2.05, 4.69) is 12.6 Å². The standard InChI is InChI=1S/C4H5NO3.C2H4O2S/c6-3-1-2-4(7)5(3)8;3-2(4)1-5/h8H,1-2H2;5H,1H2,(H,3,4). The highest BCUT2D eigenvalue weighted by atomic mass is 32.1. The Kier molecular flexibility index (Phi) is 5.09. The summed E-state index contributed by atoms with van der Waals surface area (Å²) in [5.41, 5.74) is 0. The Labute approximate surface area is 79.5 Å². The Morgan fingerprint density at radius 3 is 1.77 bits per heavy atom. The third kappa shape index (κ3) is 4.48. The molecule has 1 aliphatic heterocycles. The largest absolute Gasteiger partial charge is 0.481 e. The third-order valence-electron chi connectivity index (χ3n) is 1.16. The van der Waals surface area contributed by atoms with Crippen LogP contribution in [0.5, 0.6) is 0 Å². The van der Waals surface area contributed by atoms with Gasteiger partial charge in [0.15, 0.2) is 0 Å². The van der Waals surface area contributed by atoms with Crippen molar-refractivity contribution < 1.29 is 24.7 Å². The Bertz CT molecular complexity index is 213. The van der Waals surface area contributed by atoms with Crippen LogP contribution in [-0.4, -0.2) is 38.9 Å². The first-order valence-electron chi connectivity index (χ1n) is 3.36. The first kappa shape index (κ1) is 11.9. The summed E-state index contributed by atoms with van der Waals surface area (Å²) in [5, 5.41) is 16.2. The van der Waals surface area contributed by atoms with E-state index in [1.54, 1.807) is 0 Å². The van der Waals surface area contributed by atoms with Crippen LogP contribution >= 0.6 is 12.6 Å². The molecule has 0 aromatic carbocycles. The quantitative estimate of drug-likeness (QED) is 0.307. The maximum absolute atomic E-state index is 10.2. The van der Waals surface area contributed by atoms with Crippen molar-refractivity contribution in [2.45, 2.75) is 12.8 Å². The van der Waals surface area contributed by atoms with E-state index in [9.17, 15) is 14.4 Å². The van der Waals surface area contributed by atoms with Crippen molar-refractivity contribution >= 4 is 30.4 Å². The van der Waals surface area contributed by atoms with Gasteiger partial charge in [0.2, 0.25) is 0 Å². The number of hydrogen-bond acceptors (Lipinski definition) is 5. The van der Waals surface area contributed by atoms with E-state index in [0.717, 1.165) is 0 Å². The molecule has 1 aliphatic rings. The summed E-state index contributed by atoms with van der Waals surface area (Å²) in [7, 11) is 0. The average Bonchev–Trinajstić information content (AvgIpc) is 2.37. The summed E-state index contributed by atoms with van der Waals surface area (Å²) in [6.45, 7) is 0. The number of rotatable bonds is 1. The minimum atomic E-state index is -0.881. The van der Waals surface area contributed by atoms with E-state index >= 15 is 0 Å². The summed E-state index contributed by atoms with van der Waals surface area (Å²) >= 11 is 3.42. The molecule has 74 valence electrons. The number of carboxylic acid groups (broad SMARTS) is 1. The average molecular weight is 207 g/mol. The number of hydroxylamine groups is 2. The summed E-state index contributed by atoms with van der Waals surface area (Å²) in [6.07, 6.45) is 0.296. The molecule has 1 saturated heterocycles. The molecule has 0 unspecified atom stereocenters. The highest BCUT2D eigenvalue weighted by Gasteiger charge is 2.26. The van der Waals surface area contributed by atoms with Gasteiger partial charge in [-0.3, -0.25) is 19.6 Å². The number of carbonyl (C=O) groups is 3. The zero-order valence-corrected chi connectivity index (χ0v) is 7.53. The van der Waals surface area contributed by atoms with Crippen molar-refractivity contribution in [2.75, 3.05) is 5.75 Å². The molecule has 1 rings (SSSR count). The number of carboxylic acids is 1. The van der Waals surface area contributed by atoms with Crippen molar-refractivity contribution in [3.8, 4) is 0 Å². The Morgan fingerprint density at radius 1 is 1.38 bits per heavy atom. The molecule has 0 atom stereocenters. The number of thiol groups is 1. The van der Waals surface area contributed by atoms with Crippen LogP contribution in [-0.2, 0) is 14.4 Å². The van der Waals surface area contributed by atoms with Crippen LogP contribution in [0.15, 0.2) is 0 Å². The molecule has 0 spiro atoms. The number of carbonyl (C=O) groups excluding carboxylic acids is 2. The maximum Gasteiger partial charge on any atom is 0.313 e. The molecule has 13 heavy (non-hydrogen) atoms. The van der Waals surface area contributed by atoms with Crippen LogP contribution in [0.1, 0.15) is 12.8 Å². The maximum atomic E-state index is 10.2. The Morgan fingerprint density at radius 2 is 1.69 bits per heavy atom. The monoisotopic (exact) mass is 207 g/mol. The van der Waals surface area contributed by atoms with E-state index < -0.39 is 17.8 Å². The van der Waals surface area contributed by atoms with Crippen LogP contribution in [0.2, 0.25) is 0 Å². The number of aliphatic carboxylic acids is 1. The van der Waals surface area contributed by atoms with Crippen molar-refractivity contribution in [3.63, 3.8) is 0 Å². The molecule has 7 heteroatoms. The summed E-state index contributed by atoms with van der Waals surface area (Å²) in [4.78, 5) is 29.8. The zero-order chi connectivity index (χ0) is 10.4. The third-order valence-corrected chi connectivity index (χ3v) is 1.43. The van der Waals surface area contributed by atoms with Gasteiger partial charge in [0.1, 0.15) is 0 Å². The Hall–Kier alpha value is -1.08. The molecule has 0 radical (unpaired) electrons. The summed E-state index contributed by atoms with van der Waals surface area (Å²) in [6, 6.07) is 0. The lowest BCUT2D eigenvalue weighted by Crippen LogP contribution is -2.24. The minimum Gasteiger partial charge on any atom is -0.481 e. The first-order valence-corrected chi connectivity index (χ1v) is 3.99. The van der Waals surface area contributed by atoms with E-state index in [1.165, 1.54) is 0 Å². The lowest BCUT2D eigenvalue weighted by Gasteiger charge is -1.98. The molecule has 0 bridgehead atoms. The SMILES string of the molecule is O=C(O)CS.O=C1CCC(=O)N1O. The molecule has 1 fully saturated rings. The fourth-order valence-electron chi connectivity index (χ4n) is 0.565. The molecule has 0 aliphatic carbocycles. The number of nitrogens with zero attached hydrogens (tertiary/aromatic N) is 1. The number of amides is 2. The van der Waals surface area contributed by atoms with Gasteiger partial charge in [-0.15, -0.1) is 0 Å². The van der Waals surface area contributed by atoms with Gasteiger partial charge < -0.3 is 5.11 Å². The fraction of sp³-hybridized carbons (Fsp3) is 0.500. The second kappa shape index (κ2) is 5.55. The topological polar surface area (TPSA) is 94.9 Å². The molecule has 0 saturated carbocycles. The van der Waals surface area contributed by atoms with Crippen LogP contribution in [0, 0.1) is 0 Å². The second-order valence-corrected chi connectivity index (χ2v) is 2.47. The van der Waals surface area contributed by atoms with Gasteiger partial charge in [0.05, 0.1) is 5.75 Å². The second-order valence-electron chi connectivity index (χ2n) is 2.15. The molecule has 0 aromatic heterocycles. The predicted molar refractivity (Wildman–Crippen MR) is 44.4 cm³/mol. The van der Waals surface area contributed by atoms with E-state index in [-0.39, 0.29) is 23.7 Å². The van der Waals surface area contributed by atoms with Crippen molar-refractivity contribution in [2.24, 2.45) is 0 Å². The van der Waals surface area contributed by atoms with Gasteiger partial charge in [-0.1, -0.05) is 0 Å². The molecule has 0 aromatic rings. The first-order chi connectivity index (χ1) is 5.99. The lowest BCUT2D eigenvalue weighted by molar-refractivity contribution is -0.171. The van der Waals surface area contributed by atoms with Crippen LogP contribution < -0.4 is 0 Å². The van der Waals surface area contributed by atoms with Gasteiger partial charge in [-0.2, -0.15) is 17.7 Å². The van der Waals surface area contributed by atoms with Gasteiger partial charge in [-0.25, -0.2) is 0 Å². The van der Waals surface area contributed by atoms with Gasteiger partial charge >= 0.3 is 5.97 Å². The molecular formula is C6H9NO5S. The fourth-order valence-corrected chi connectivity index (χ4v) is 0.565. The normalized spacial score (nSPS) is 15.4. The number of imide groups is 1. The predicted octanol–water partition coefficient (Wildman–Crippen LogP) is -0.475. The van der Waals surface area contributed by atoms with Crippen molar-refractivity contribution in [1.82, 2.24) is 5.06 Å². The van der Waals surface area contributed by atoms with Crippen LogP contribution in [0.3, 0.4) is 0 Å². The van der Waals surface area contributed by atoms with Crippen molar-refractivity contribution in [3.05, 3.63) is 0 Å².